The Hall–Kier alpha value is -3.08. The molecule has 3 aromatic rings. The zero-order valence-electron chi connectivity index (χ0n) is 18.6. The minimum absolute atomic E-state index is 0.0569. The molecule has 1 N–H and O–H groups in total. The summed E-state index contributed by atoms with van der Waals surface area (Å²) in [5.74, 6) is 2.42. The fourth-order valence-electron chi connectivity index (χ4n) is 2.84. The lowest BCUT2D eigenvalue weighted by atomic mass is 9.93. The fourth-order valence-corrected chi connectivity index (χ4v) is 2.84. The molecular weight excluding hydrogens is 376 g/mol. The van der Waals surface area contributed by atoms with Crippen molar-refractivity contribution in [3.63, 3.8) is 0 Å². The molecule has 0 bridgehead atoms. The van der Waals surface area contributed by atoms with Gasteiger partial charge in [-0.15, -0.1) is 0 Å². The van der Waals surface area contributed by atoms with Gasteiger partial charge in [0.05, 0.1) is 0 Å². The van der Waals surface area contributed by atoms with Crippen LogP contribution in [-0.2, 0) is 23.2 Å². The van der Waals surface area contributed by atoms with E-state index in [2.05, 4.69) is 62.4 Å². The molecule has 3 rings (SSSR count). The first-order valence-electron chi connectivity index (χ1n) is 10.3. The highest BCUT2D eigenvalue weighted by Crippen LogP contribution is 2.26. The molecule has 0 atom stereocenters. The third-order valence-electron chi connectivity index (χ3n) is 4.41. The molecule has 0 amide bonds. The van der Waals surface area contributed by atoms with Crippen molar-refractivity contribution in [2.75, 3.05) is 5.32 Å². The second-order valence-electron chi connectivity index (χ2n) is 8.02. The quantitative estimate of drug-likeness (QED) is 0.455. The van der Waals surface area contributed by atoms with E-state index in [1.807, 2.05) is 30.3 Å². The van der Waals surface area contributed by atoms with Crippen LogP contribution in [0.5, 0.6) is 5.75 Å². The van der Waals surface area contributed by atoms with E-state index in [0.717, 1.165) is 36.3 Å². The SMILES string of the molecule is CC=O.CCCc1ccccc1COc1ccc(Nc2cc(C(C)(C)C)on2)cc1. The average Bonchev–Trinajstić information content (AvgIpc) is 3.18. The fraction of sp³-hybridized carbons (Fsp3) is 0.360. The number of anilines is 2. The summed E-state index contributed by atoms with van der Waals surface area (Å²) < 4.78 is 11.4. The first-order chi connectivity index (χ1) is 14.4. The van der Waals surface area contributed by atoms with E-state index in [1.165, 1.54) is 18.1 Å². The Morgan fingerprint density at radius 1 is 1.07 bits per heavy atom. The number of aromatic nitrogens is 1. The Kier molecular flexibility index (Phi) is 8.66. The number of aryl methyl sites for hydroxylation is 1. The van der Waals surface area contributed by atoms with Crippen molar-refractivity contribution in [2.24, 2.45) is 0 Å². The first-order valence-corrected chi connectivity index (χ1v) is 10.3. The van der Waals surface area contributed by atoms with Gasteiger partial charge in [0, 0.05) is 17.2 Å². The number of carbonyl (C=O) groups excluding carboxylic acids is 1. The number of nitrogens with zero attached hydrogens (tertiary/aromatic N) is 1. The molecule has 0 unspecified atom stereocenters. The van der Waals surface area contributed by atoms with Crippen LogP contribution in [0.1, 0.15) is 57.9 Å². The third-order valence-corrected chi connectivity index (χ3v) is 4.41. The number of aldehydes is 1. The Bertz CT molecular complexity index is 909. The number of hydrogen-bond donors (Lipinski definition) is 1. The first kappa shape index (κ1) is 23.2. The molecule has 1 aromatic heterocycles. The number of ether oxygens (including phenoxy) is 1. The van der Waals surface area contributed by atoms with Gasteiger partial charge in [0.2, 0.25) is 0 Å². The van der Waals surface area contributed by atoms with Crippen molar-refractivity contribution in [3.05, 3.63) is 71.5 Å². The normalized spacial score (nSPS) is 10.7. The van der Waals surface area contributed by atoms with Crippen LogP contribution in [0.4, 0.5) is 11.5 Å². The van der Waals surface area contributed by atoms with Gasteiger partial charge in [-0.1, -0.05) is 63.5 Å². The van der Waals surface area contributed by atoms with Crippen LogP contribution in [0.3, 0.4) is 0 Å². The van der Waals surface area contributed by atoms with Crippen LogP contribution >= 0.6 is 0 Å². The van der Waals surface area contributed by atoms with Crippen molar-refractivity contribution in [1.82, 2.24) is 5.16 Å². The Balaban J connectivity index is 0.00000101. The molecule has 0 saturated carbocycles. The summed E-state index contributed by atoms with van der Waals surface area (Å²) in [5.41, 5.74) is 3.50. The van der Waals surface area contributed by atoms with Crippen molar-refractivity contribution in [2.45, 2.75) is 59.5 Å². The van der Waals surface area contributed by atoms with Crippen LogP contribution < -0.4 is 10.1 Å². The van der Waals surface area contributed by atoms with Gasteiger partial charge >= 0.3 is 0 Å². The highest BCUT2D eigenvalue weighted by Gasteiger charge is 2.19. The monoisotopic (exact) mass is 408 g/mol. The van der Waals surface area contributed by atoms with Gasteiger partial charge in [-0.3, -0.25) is 0 Å². The van der Waals surface area contributed by atoms with E-state index in [-0.39, 0.29) is 5.41 Å². The number of rotatable bonds is 7. The summed E-state index contributed by atoms with van der Waals surface area (Å²) in [6, 6.07) is 18.3. The average molecular weight is 409 g/mol. The second-order valence-corrected chi connectivity index (χ2v) is 8.02. The molecule has 0 aliphatic heterocycles. The predicted octanol–water partition coefficient (Wildman–Crippen LogP) is 6.45. The Morgan fingerprint density at radius 3 is 2.27 bits per heavy atom. The van der Waals surface area contributed by atoms with Crippen LogP contribution in [0.15, 0.2) is 59.1 Å². The second kappa shape index (κ2) is 11.2. The lowest BCUT2D eigenvalue weighted by Gasteiger charge is -2.12. The van der Waals surface area contributed by atoms with Gasteiger partial charge < -0.3 is 19.4 Å². The third kappa shape index (κ3) is 7.07. The van der Waals surface area contributed by atoms with Gasteiger partial charge in [-0.05, 0) is 48.7 Å². The summed E-state index contributed by atoms with van der Waals surface area (Å²) in [5, 5.41) is 7.35. The van der Waals surface area contributed by atoms with Crippen molar-refractivity contribution in [3.8, 4) is 5.75 Å². The molecule has 5 nitrogen and oxygen atoms in total. The van der Waals surface area contributed by atoms with Crippen LogP contribution in [0.25, 0.3) is 0 Å². The van der Waals surface area contributed by atoms with Crippen LogP contribution in [-0.4, -0.2) is 11.4 Å². The zero-order chi connectivity index (χ0) is 22.0. The van der Waals surface area contributed by atoms with E-state index in [4.69, 9.17) is 14.1 Å². The molecule has 0 radical (unpaired) electrons. The molecule has 0 spiro atoms. The zero-order valence-corrected chi connectivity index (χ0v) is 18.6. The molecule has 0 aliphatic rings. The molecule has 1 heterocycles. The van der Waals surface area contributed by atoms with E-state index in [1.54, 1.807) is 0 Å². The molecule has 160 valence electrons. The van der Waals surface area contributed by atoms with E-state index < -0.39 is 0 Å². The topological polar surface area (TPSA) is 64.4 Å². The van der Waals surface area contributed by atoms with Gasteiger partial charge in [0.1, 0.15) is 24.4 Å². The summed E-state index contributed by atoms with van der Waals surface area (Å²) >= 11 is 0. The summed E-state index contributed by atoms with van der Waals surface area (Å²) in [6.45, 7) is 10.5. The maximum atomic E-state index is 8.81. The Morgan fingerprint density at radius 2 is 1.70 bits per heavy atom. The van der Waals surface area contributed by atoms with E-state index in [9.17, 15) is 0 Å². The number of nitrogens with one attached hydrogen (secondary N) is 1. The standard InChI is InChI=1S/C23H28N2O2.C2H4O/c1-5-8-17-9-6-7-10-18(17)16-26-20-13-11-19(12-14-20)24-22-15-21(27-25-22)23(2,3)4;1-2-3/h6-7,9-15H,5,8,16H2,1-4H3,(H,24,25);2H,1H3. The maximum Gasteiger partial charge on any atom is 0.174 e. The van der Waals surface area contributed by atoms with Crippen LogP contribution in [0.2, 0.25) is 0 Å². The molecule has 5 heteroatoms. The van der Waals surface area contributed by atoms with Crippen molar-refractivity contribution in [1.29, 1.82) is 0 Å². The largest absolute Gasteiger partial charge is 0.489 e. The van der Waals surface area contributed by atoms with Crippen molar-refractivity contribution < 1.29 is 14.1 Å². The minimum Gasteiger partial charge on any atom is -0.489 e. The van der Waals surface area contributed by atoms with Crippen molar-refractivity contribution >= 4 is 17.8 Å². The van der Waals surface area contributed by atoms with Gasteiger partial charge in [-0.25, -0.2) is 0 Å². The molecule has 0 saturated heterocycles. The van der Waals surface area contributed by atoms with Gasteiger partial charge in [0.25, 0.3) is 0 Å². The number of hydrogen-bond acceptors (Lipinski definition) is 5. The molecule has 30 heavy (non-hydrogen) atoms. The summed E-state index contributed by atoms with van der Waals surface area (Å²) in [4.78, 5) is 8.81. The minimum atomic E-state index is -0.0569. The predicted molar refractivity (Wildman–Crippen MR) is 121 cm³/mol. The molecule has 0 aliphatic carbocycles. The number of benzene rings is 2. The van der Waals surface area contributed by atoms with Gasteiger partial charge in [-0.2, -0.15) is 0 Å². The van der Waals surface area contributed by atoms with Crippen LogP contribution in [0, 0.1) is 0 Å². The van der Waals surface area contributed by atoms with E-state index >= 15 is 0 Å². The Labute approximate surface area is 179 Å². The molecule has 2 aromatic carbocycles. The molecule has 0 fully saturated rings. The van der Waals surface area contributed by atoms with Gasteiger partial charge in [0.15, 0.2) is 5.82 Å². The maximum absolute atomic E-state index is 8.81. The number of carbonyl (C=O) groups is 1. The summed E-state index contributed by atoms with van der Waals surface area (Å²) in [6.07, 6.45) is 2.97. The van der Waals surface area contributed by atoms with E-state index in [0.29, 0.717) is 12.4 Å². The highest BCUT2D eigenvalue weighted by molar-refractivity contribution is 5.57. The smallest absolute Gasteiger partial charge is 0.174 e. The lowest BCUT2D eigenvalue weighted by Crippen LogP contribution is -2.09. The molecular formula is C25H32N2O3. The highest BCUT2D eigenvalue weighted by atomic mass is 16.5. The lowest BCUT2D eigenvalue weighted by molar-refractivity contribution is -0.106. The summed E-state index contributed by atoms with van der Waals surface area (Å²) in [7, 11) is 0.